The van der Waals surface area contributed by atoms with E-state index in [0.717, 1.165) is 11.5 Å². The van der Waals surface area contributed by atoms with Crippen LogP contribution in [0.2, 0.25) is 0 Å². The van der Waals surface area contributed by atoms with E-state index in [1.807, 2.05) is 25.1 Å². The highest BCUT2D eigenvalue weighted by molar-refractivity contribution is 5.95. The molecule has 0 saturated carbocycles. The number of aromatic nitrogens is 1. The summed E-state index contributed by atoms with van der Waals surface area (Å²) in [6.07, 6.45) is 0. The number of nitrogens with zero attached hydrogens (tertiary/aromatic N) is 3. The molecule has 1 atom stereocenters. The predicted octanol–water partition coefficient (Wildman–Crippen LogP) is 2.17. The molecule has 142 valence electrons. The number of carbonyl (C=O) groups excluding carboxylic acids is 1. The van der Waals surface area contributed by atoms with Crippen molar-refractivity contribution in [1.82, 2.24) is 4.98 Å². The summed E-state index contributed by atoms with van der Waals surface area (Å²) in [7, 11) is 0. The lowest BCUT2D eigenvalue weighted by atomic mass is 10.0. The van der Waals surface area contributed by atoms with Crippen LogP contribution in [0.3, 0.4) is 0 Å². The molecule has 2 aliphatic heterocycles. The van der Waals surface area contributed by atoms with Crippen LogP contribution in [0.1, 0.15) is 5.69 Å². The summed E-state index contributed by atoms with van der Waals surface area (Å²) < 4.78 is 25.4. The van der Waals surface area contributed by atoms with Gasteiger partial charge in [-0.1, -0.05) is 12.1 Å². The Balaban J connectivity index is 1.61. The van der Waals surface area contributed by atoms with Crippen LogP contribution in [-0.4, -0.2) is 55.9 Å². The van der Waals surface area contributed by atoms with Gasteiger partial charge in [0.05, 0.1) is 26.3 Å². The molecule has 27 heavy (non-hydrogen) atoms. The fourth-order valence-electron chi connectivity index (χ4n) is 3.58. The number of carbonyl (C=O) groups is 1. The fraction of sp³-hybridized carbons (Fsp3) is 0.400. The summed E-state index contributed by atoms with van der Waals surface area (Å²) in [6.45, 7) is 4.35. The van der Waals surface area contributed by atoms with Gasteiger partial charge in [-0.15, -0.1) is 0 Å². The van der Waals surface area contributed by atoms with Gasteiger partial charge in [0, 0.05) is 17.9 Å². The van der Waals surface area contributed by atoms with E-state index in [1.165, 1.54) is 12.1 Å². The van der Waals surface area contributed by atoms with Crippen molar-refractivity contribution in [1.29, 1.82) is 0 Å². The van der Waals surface area contributed by atoms with Crippen molar-refractivity contribution in [2.75, 3.05) is 49.3 Å². The van der Waals surface area contributed by atoms with Gasteiger partial charge in [0.15, 0.2) is 0 Å². The molecule has 7 heteroatoms. The van der Waals surface area contributed by atoms with E-state index in [-0.39, 0.29) is 18.3 Å². The van der Waals surface area contributed by atoms with E-state index in [4.69, 9.17) is 9.47 Å². The monoisotopic (exact) mass is 371 g/mol. The number of benzene rings is 1. The Morgan fingerprint density at radius 1 is 1.19 bits per heavy atom. The van der Waals surface area contributed by atoms with Gasteiger partial charge >= 0.3 is 0 Å². The number of morpholine rings is 1. The number of pyridine rings is 1. The number of aryl methyl sites for hydroxylation is 1. The predicted molar refractivity (Wildman–Crippen MR) is 99.4 cm³/mol. The van der Waals surface area contributed by atoms with Crippen molar-refractivity contribution in [3.05, 3.63) is 54.0 Å². The molecule has 0 radical (unpaired) electrons. The Kier molecular flexibility index (Phi) is 4.80. The zero-order valence-corrected chi connectivity index (χ0v) is 15.2. The second-order valence-corrected chi connectivity index (χ2v) is 7.04. The smallest absolute Gasteiger partial charge is 0.253 e. The zero-order chi connectivity index (χ0) is 18.9. The Morgan fingerprint density at radius 3 is 2.85 bits per heavy atom. The molecule has 1 amide bonds. The van der Waals surface area contributed by atoms with Gasteiger partial charge < -0.3 is 19.3 Å². The maximum Gasteiger partial charge on any atom is 0.253 e. The fourth-order valence-corrected chi connectivity index (χ4v) is 3.58. The van der Waals surface area contributed by atoms with Crippen molar-refractivity contribution >= 4 is 17.4 Å². The van der Waals surface area contributed by atoms with Gasteiger partial charge in [0.2, 0.25) is 0 Å². The molecule has 1 spiro atoms. The second-order valence-electron chi connectivity index (χ2n) is 7.04. The number of anilines is 2. The molecule has 2 saturated heterocycles. The van der Waals surface area contributed by atoms with Gasteiger partial charge in [0.25, 0.3) is 5.91 Å². The third-order valence-electron chi connectivity index (χ3n) is 4.92. The van der Waals surface area contributed by atoms with Crippen molar-refractivity contribution in [2.45, 2.75) is 12.5 Å². The highest BCUT2D eigenvalue weighted by atomic mass is 19.1. The molecule has 0 N–H and O–H groups in total. The van der Waals surface area contributed by atoms with E-state index in [1.54, 1.807) is 17.0 Å². The van der Waals surface area contributed by atoms with Gasteiger partial charge in [-0.3, -0.25) is 4.79 Å². The Hall–Kier alpha value is -2.51. The average molecular weight is 371 g/mol. The van der Waals surface area contributed by atoms with Crippen LogP contribution in [0.15, 0.2) is 42.5 Å². The number of ether oxygens (including phenoxy) is 2. The van der Waals surface area contributed by atoms with E-state index in [0.29, 0.717) is 38.5 Å². The van der Waals surface area contributed by atoms with Gasteiger partial charge in [-0.2, -0.15) is 0 Å². The number of rotatable bonds is 2. The van der Waals surface area contributed by atoms with Crippen molar-refractivity contribution in [3.63, 3.8) is 0 Å². The maximum absolute atomic E-state index is 13.7. The minimum atomic E-state index is -0.692. The Bertz CT molecular complexity index is 847. The highest BCUT2D eigenvalue weighted by Gasteiger charge is 2.43. The lowest BCUT2D eigenvalue weighted by Crippen LogP contribution is -2.61. The molecular formula is C20H22FN3O3. The first-order chi connectivity index (χ1) is 13.0. The van der Waals surface area contributed by atoms with Crippen LogP contribution in [0.4, 0.5) is 15.9 Å². The molecule has 1 unspecified atom stereocenters. The van der Waals surface area contributed by atoms with Crippen LogP contribution in [-0.2, 0) is 14.3 Å². The molecule has 0 bridgehead atoms. The molecule has 1 aromatic heterocycles. The van der Waals surface area contributed by atoms with Gasteiger partial charge in [-0.05, 0) is 37.3 Å². The van der Waals surface area contributed by atoms with Crippen LogP contribution in [0.5, 0.6) is 0 Å². The first-order valence-corrected chi connectivity index (χ1v) is 9.01. The summed E-state index contributed by atoms with van der Waals surface area (Å²) in [6, 6.07) is 12.0. The zero-order valence-electron chi connectivity index (χ0n) is 15.2. The first-order valence-electron chi connectivity index (χ1n) is 9.01. The minimum absolute atomic E-state index is 0.0606. The van der Waals surface area contributed by atoms with Crippen LogP contribution < -0.4 is 9.80 Å². The summed E-state index contributed by atoms with van der Waals surface area (Å²) >= 11 is 0. The quantitative estimate of drug-likeness (QED) is 0.810. The molecule has 4 rings (SSSR count). The molecule has 2 fully saturated rings. The SMILES string of the molecule is Cc1cccc(N2CCOCC3(C2)CN(c2cccc(F)c2)C(=O)CO3)n1. The highest BCUT2D eigenvalue weighted by Crippen LogP contribution is 2.29. The third kappa shape index (κ3) is 3.79. The number of amides is 1. The molecule has 6 nitrogen and oxygen atoms in total. The van der Waals surface area contributed by atoms with Crippen LogP contribution >= 0.6 is 0 Å². The number of hydrogen-bond acceptors (Lipinski definition) is 5. The summed E-state index contributed by atoms with van der Waals surface area (Å²) in [5.41, 5.74) is 0.780. The molecule has 0 aliphatic carbocycles. The number of hydrogen-bond donors (Lipinski definition) is 0. The molecule has 2 aromatic rings. The minimum Gasteiger partial charge on any atom is -0.376 e. The van der Waals surface area contributed by atoms with E-state index in [2.05, 4.69) is 9.88 Å². The second kappa shape index (κ2) is 7.25. The summed E-state index contributed by atoms with van der Waals surface area (Å²) in [4.78, 5) is 20.7. The molecule has 1 aromatic carbocycles. The third-order valence-corrected chi connectivity index (χ3v) is 4.92. The maximum atomic E-state index is 13.7. The standard InChI is InChI=1S/C20H22FN3O3/c1-15-4-2-7-18(22-15)23-8-9-26-14-20(12-23)13-24(19(25)11-27-20)17-6-3-5-16(21)10-17/h2-7,10H,8-9,11-14H2,1H3. The topological polar surface area (TPSA) is 54.9 Å². The van der Waals surface area contributed by atoms with E-state index < -0.39 is 5.60 Å². The van der Waals surface area contributed by atoms with E-state index >= 15 is 0 Å². The Morgan fingerprint density at radius 2 is 2.04 bits per heavy atom. The normalized spacial score (nSPS) is 23.6. The lowest BCUT2D eigenvalue weighted by Gasteiger charge is -2.43. The van der Waals surface area contributed by atoms with Crippen molar-refractivity contribution in [3.8, 4) is 0 Å². The average Bonchev–Trinajstić information content (AvgIpc) is 2.87. The largest absolute Gasteiger partial charge is 0.376 e. The van der Waals surface area contributed by atoms with Crippen LogP contribution in [0, 0.1) is 12.7 Å². The van der Waals surface area contributed by atoms with Gasteiger partial charge in [0.1, 0.15) is 23.8 Å². The van der Waals surface area contributed by atoms with E-state index in [9.17, 15) is 9.18 Å². The van der Waals surface area contributed by atoms with Crippen molar-refractivity contribution < 1.29 is 18.7 Å². The molecule has 2 aliphatic rings. The van der Waals surface area contributed by atoms with Crippen molar-refractivity contribution in [2.24, 2.45) is 0 Å². The van der Waals surface area contributed by atoms with Crippen LogP contribution in [0.25, 0.3) is 0 Å². The Labute approximate surface area is 157 Å². The first kappa shape index (κ1) is 17.9. The lowest BCUT2D eigenvalue weighted by molar-refractivity contribution is -0.143. The van der Waals surface area contributed by atoms with Gasteiger partial charge in [-0.25, -0.2) is 9.37 Å². The molecule has 3 heterocycles. The number of halogens is 1. The molecular weight excluding hydrogens is 349 g/mol. The summed E-state index contributed by atoms with van der Waals surface area (Å²) in [5.74, 6) is 0.303. The summed E-state index contributed by atoms with van der Waals surface area (Å²) in [5, 5.41) is 0.